The summed E-state index contributed by atoms with van der Waals surface area (Å²) in [5.41, 5.74) is 1.35. The van der Waals surface area contributed by atoms with Crippen LogP contribution in [0.1, 0.15) is 26.3 Å². The number of carbonyl (C=O) groups is 2. The normalized spacial score (nSPS) is 9.97. The van der Waals surface area contributed by atoms with Crippen molar-refractivity contribution in [3.05, 3.63) is 82.0 Å². The smallest absolute Gasteiger partial charge is 0.259 e. The van der Waals surface area contributed by atoms with E-state index in [-0.39, 0.29) is 5.56 Å². The number of methoxy groups -OCH3 is 1. The zero-order chi connectivity index (χ0) is 20.8. The molecule has 3 rings (SSSR count). The predicted octanol–water partition coefficient (Wildman–Crippen LogP) is 4.23. The van der Waals surface area contributed by atoms with Crippen LogP contribution in [0.2, 0.25) is 0 Å². The first kappa shape index (κ1) is 20.0. The molecular formula is C21H15BrN4O3. The second kappa shape index (κ2) is 8.99. The van der Waals surface area contributed by atoms with Crippen molar-refractivity contribution in [2.45, 2.75) is 0 Å². The fourth-order valence-electron chi connectivity index (χ4n) is 2.47. The van der Waals surface area contributed by atoms with Crippen molar-refractivity contribution in [1.29, 1.82) is 5.26 Å². The van der Waals surface area contributed by atoms with Gasteiger partial charge in [0.05, 0.1) is 30.0 Å². The number of aromatic nitrogens is 1. The van der Waals surface area contributed by atoms with Crippen LogP contribution in [0.25, 0.3) is 0 Å². The van der Waals surface area contributed by atoms with E-state index in [9.17, 15) is 9.59 Å². The molecule has 1 aromatic heterocycles. The van der Waals surface area contributed by atoms with Crippen LogP contribution < -0.4 is 15.4 Å². The van der Waals surface area contributed by atoms with E-state index in [1.54, 1.807) is 54.7 Å². The topological polar surface area (TPSA) is 104 Å². The Morgan fingerprint density at radius 2 is 1.79 bits per heavy atom. The lowest BCUT2D eigenvalue weighted by Gasteiger charge is -2.13. The first-order valence-corrected chi connectivity index (χ1v) is 9.22. The lowest BCUT2D eigenvalue weighted by molar-refractivity contribution is 0.102. The average Bonchev–Trinajstić information content (AvgIpc) is 2.75. The fourth-order valence-corrected chi connectivity index (χ4v) is 2.71. The monoisotopic (exact) mass is 450 g/mol. The summed E-state index contributed by atoms with van der Waals surface area (Å²) < 4.78 is 5.98. The molecule has 3 aromatic rings. The summed E-state index contributed by atoms with van der Waals surface area (Å²) >= 11 is 3.29. The van der Waals surface area contributed by atoms with Crippen LogP contribution in [-0.4, -0.2) is 23.9 Å². The van der Waals surface area contributed by atoms with Crippen LogP contribution in [0, 0.1) is 11.3 Å². The molecule has 2 aromatic carbocycles. The van der Waals surface area contributed by atoms with Gasteiger partial charge in [-0.2, -0.15) is 5.26 Å². The number of halogens is 1. The third-order valence-corrected chi connectivity index (χ3v) is 4.43. The molecule has 0 spiro atoms. The Labute approximate surface area is 175 Å². The van der Waals surface area contributed by atoms with Gasteiger partial charge in [-0.05, 0) is 70.5 Å². The summed E-state index contributed by atoms with van der Waals surface area (Å²) in [6, 6.07) is 16.4. The van der Waals surface area contributed by atoms with Crippen molar-refractivity contribution >= 4 is 39.2 Å². The summed E-state index contributed by atoms with van der Waals surface area (Å²) in [4.78, 5) is 29.5. The number of benzene rings is 2. The van der Waals surface area contributed by atoms with Gasteiger partial charge in [0.15, 0.2) is 0 Å². The highest BCUT2D eigenvalue weighted by molar-refractivity contribution is 9.10. The van der Waals surface area contributed by atoms with Crippen molar-refractivity contribution in [3.8, 4) is 11.8 Å². The molecule has 2 amide bonds. The van der Waals surface area contributed by atoms with Crippen molar-refractivity contribution < 1.29 is 14.3 Å². The molecule has 0 atom stereocenters. The van der Waals surface area contributed by atoms with Gasteiger partial charge in [-0.15, -0.1) is 0 Å². The molecule has 0 aliphatic carbocycles. The molecule has 2 N–H and O–H groups in total. The van der Waals surface area contributed by atoms with Gasteiger partial charge >= 0.3 is 0 Å². The van der Waals surface area contributed by atoms with Gasteiger partial charge < -0.3 is 15.4 Å². The molecule has 0 saturated carbocycles. The van der Waals surface area contributed by atoms with Crippen molar-refractivity contribution in [1.82, 2.24) is 4.98 Å². The van der Waals surface area contributed by atoms with Crippen LogP contribution in [0.15, 0.2) is 65.3 Å². The van der Waals surface area contributed by atoms with Gasteiger partial charge in [0.2, 0.25) is 0 Å². The lowest BCUT2D eigenvalue weighted by Crippen LogP contribution is -2.19. The van der Waals surface area contributed by atoms with Gasteiger partial charge in [-0.3, -0.25) is 9.59 Å². The highest BCUT2D eigenvalue weighted by Crippen LogP contribution is 2.24. The van der Waals surface area contributed by atoms with E-state index in [2.05, 4.69) is 31.5 Å². The first-order chi connectivity index (χ1) is 14.0. The van der Waals surface area contributed by atoms with E-state index in [4.69, 9.17) is 10.00 Å². The molecule has 0 bridgehead atoms. The van der Waals surface area contributed by atoms with Gasteiger partial charge in [-0.1, -0.05) is 0 Å². The summed E-state index contributed by atoms with van der Waals surface area (Å²) in [5.74, 6) is -0.0231. The summed E-state index contributed by atoms with van der Waals surface area (Å²) in [7, 11) is 1.49. The number of ether oxygens (including phenoxy) is 1. The SMILES string of the molecule is COc1ccc(NC(=O)c2ccc(C#N)cc2)c(C(=O)Nc2ccc(Br)cn2)c1. The van der Waals surface area contributed by atoms with E-state index >= 15 is 0 Å². The largest absolute Gasteiger partial charge is 0.497 e. The molecule has 0 radical (unpaired) electrons. The molecule has 0 aliphatic rings. The zero-order valence-electron chi connectivity index (χ0n) is 15.3. The van der Waals surface area contributed by atoms with Gasteiger partial charge in [0.1, 0.15) is 11.6 Å². The third kappa shape index (κ3) is 4.97. The van der Waals surface area contributed by atoms with Gasteiger partial charge in [0, 0.05) is 16.2 Å². The minimum absolute atomic E-state index is 0.219. The molecule has 0 fully saturated rings. The maximum atomic E-state index is 12.8. The number of rotatable bonds is 5. The molecule has 0 saturated heterocycles. The molecule has 8 heteroatoms. The quantitative estimate of drug-likeness (QED) is 0.604. The molecule has 0 unspecified atom stereocenters. The van der Waals surface area contributed by atoms with E-state index in [1.807, 2.05) is 6.07 Å². The van der Waals surface area contributed by atoms with Crippen molar-refractivity contribution in [2.24, 2.45) is 0 Å². The number of nitriles is 1. The Bertz CT molecular complexity index is 1090. The molecule has 7 nitrogen and oxygen atoms in total. The summed E-state index contributed by atoms with van der Waals surface area (Å²) in [6.45, 7) is 0. The third-order valence-electron chi connectivity index (χ3n) is 3.96. The second-order valence-electron chi connectivity index (χ2n) is 5.87. The Kier molecular flexibility index (Phi) is 6.22. The second-order valence-corrected chi connectivity index (χ2v) is 6.79. The number of nitrogens with zero attached hydrogens (tertiary/aromatic N) is 2. The number of anilines is 2. The van der Waals surface area contributed by atoms with Crippen LogP contribution in [0.4, 0.5) is 11.5 Å². The molecule has 1 heterocycles. The minimum atomic E-state index is -0.450. The van der Waals surface area contributed by atoms with E-state index in [0.717, 1.165) is 4.47 Å². The summed E-state index contributed by atoms with van der Waals surface area (Å²) in [6.07, 6.45) is 1.56. The highest BCUT2D eigenvalue weighted by atomic mass is 79.9. The van der Waals surface area contributed by atoms with Gasteiger partial charge in [-0.25, -0.2) is 4.98 Å². The molecular weight excluding hydrogens is 436 g/mol. The number of hydrogen-bond acceptors (Lipinski definition) is 5. The van der Waals surface area contributed by atoms with Crippen molar-refractivity contribution in [3.63, 3.8) is 0 Å². The average molecular weight is 451 g/mol. The Morgan fingerprint density at radius 3 is 2.41 bits per heavy atom. The molecule has 29 heavy (non-hydrogen) atoms. The standard InChI is InChI=1S/C21H15BrN4O3/c1-29-16-7-8-18(25-20(27)14-4-2-13(11-23)3-5-14)17(10-16)21(28)26-19-9-6-15(22)12-24-19/h2-10,12H,1H3,(H,25,27)(H,24,26,28). The van der Waals surface area contributed by atoms with Crippen molar-refractivity contribution in [2.75, 3.05) is 17.7 Å². The summed E-state index contributed by atoms with van der Waals surface area (Å²) in [5, 5.41) is 14.3. The van der Waals surface area contributed by atoms with Gasteiger partial charge in [0.25, 0.3) is 11.8 Å². The Morgan fingerprint density at radius 1 is 1.03 bits per heavy atom. The van der Waals surface area contributed by atoms with Crippen LogP contribution in [-0.2, 0) is 0 Å². The first-order valence-electron chi connectivity index (χ1n) is 8.42. The van der Waals surface area contributed by atoms with E-state index < -0.39 is 11.8 Å². The number of amides is 2. The maximum absolute atomic E-state index is 12.8. The highest BCUT2D eigenvalue weighted by Gasteiger charge is 2.16. The number of carbonyl (C=O) groups excluding carboxylic acids is 2. The lowest BCUT2D eigenvalue weighted by atomic mass is 10.1. The zero-order valence-corrected chi connectivity index (χ0v) is 16.9. The van der Waals surface area contributed by atoms with Crippen LogP contribution >= 0.6 is 15.9 Å². The number of nitrogens with one attached hydrogen (secondary N) is 2. The maximum Gasteiger partial charge on any atom is 0.259 e. The fraction of sp³-hybridized carbons (Fsp3) is 0.0476. The van der Waals surface area contributed by atoms with E-state index in [0.29, 0.717) is 28.4 Å². The Hall–Kier alpha value is -3.70. The molecule has 0 aliphatic heterocycles. The Balaban J connectivity index is 1.86. The van der Waals surface area contributed by atoms with Crippen LogP contribution in [0.5, 0.6) is 5.75 Å². The number of hydrogen-bond donors (Lipinski definition) is 2. The van der Waals surface area contributed by atoms with E-state index in [1.165, 1.54) is 13.2 Å². The minimum Gasteiger partial charge on any atom is -0.497 e. The predicted molar refractivity (Wildman–Crippen MR) is 112 cm³/mol. The van der Waals surface area contributed by atoms with Crippen LogP contribution in [0.3, 0.4) is 0 Å². The number of pyridine rings is 1. The molecule has 144 valence electrons.